The number of carbonyl (C=O) groups excluding carboxylic acids is 1. The van der Waals surface area contributed by atoms with Gasteiger partial charge in [-0.3, -0.25) is 4.79 Å². The van der Waals surface area contributed by atoms with Gasteiger partial charge in [0.25, 0.3) is 0 Å². The van der Waals surface area contributed by atoms with Gasteiger partial charge in [0.15, 0.2) is 5.65 Å². The summed E-state index contributed by atoms with van der Waals surface area (Å²) in [5.74, 6) is 0. The zero-order valence-corrected chi connectivity index (χ0v) is 12.8. The Labute approximate surface area is 138 Å². The summed E-state index contributed by atoms with van der Waals surface area (Å²) in [4.78, 5) is 15.1. The number of hydrogen-bond donors (Lipinski definition) is 1. The molecule has 0 aliphatic rings. The number of benzene rings is 2. The number of amides is 1. The van der Waals surface area contributed by atoms with Gasteiger partial charge in [0, 0.05) is 23.0 Å². The van der Waals surface area contributed by atoms with Crippen molar-refractivity contribution in [3.8, 4) is 22.4 Å². The number of carbonyl (C=O) groups is 1. The van der Waals surface area contributed by atoms with Crippen LogP contribution >= 0.6 is 0 Å². The molecule has 116 valence electrons. The van der Waals surface area contributed by atoms with E-state index in [-0.39, 0.29) is 0 Å². The van der Waals surface area contributed by atoms with E-state index in [0.29, 0.717) is 6.41 Å². The van der Waals surface area contributed by atoms with Gasteiger partial charge in [0.05, 0.1) is 11.9 Å². The molecular weight excluding hydrogens is 300 g/mol. The maximum absolute atomic E-state index is 10.7. The lowest BCUT2D eigenvalue weighted by molar-refractivity contribution is -0.105. The molecule has 5 nitrogen and oxygen atoms in total. The second-order valence-corrected chi connectivity index (χ2v) is 5.33. The van der Waals surface area contributed by atoms with Crippen molar-refractivity contribution in [3.63, 3.8) is 0 Å². The predicted molar refractivity (Wildman–Crippen MR) is 93.5 cm³/mol. The molecule has 4 aromatic rings. The summed E-state index contributed by atoms with van der Waals surface area (Å²) >= 11 is 0. The van der Waals surface area contributed by atoms with Crippen LogP contribution in [-0.2, 0) is 4.79 Å². The average Bonchev–Trinajstić information content (AvgIpc) is 3.07. The van der Waals surface area contributed by atoms with Crippen LogP contribution in [-0.4, -0.2) is 21.0 Å². The third-order valence-electron chi connectivity index (χ3n) is 3.87. The maximum Gasteiger partial charge on any atom is 0.211 e. The minimum atomic E-state index is 0.669. The van der Waals surface area contributed by atoms with Gasteiger partial charge in [-0.2, -0.15) is 5.10 Å². The van der Waals surface area contributed by atoms with Crippen molar-refractivity contribution in [3.05, 3.63) is 73.1 Å². The van der Waals surface area contributed by atoms with Gasteiger partial charge in [0.2, 0.25) is 6.41 Å². The monoisotopic (exact) mass is 314 g/mol. The van der Waals surface area contributed by atoms with Gasteiger partial charge in [-0.25, -0.2) is 9.50 Å². The second kappa shape index (κ2) is 5.96. The van der Waals surface area contributed by atoms with Gasteiger partial charge < -0.3 is 5.32 Å². The van der Waals surface area contributed by atoms with E-state index in [0.717, 1.165) is 33.7 Å². The Hall–Kier alpha value is -3.47. The van der Waals surface area contributed by atoms with Crippen LogP contribution in [0, 0.1) is 0 Å². The highest BCUT2D eigenvalue weighted by Gasteiger charge is 2.11. The molecule has 1 N–H and O–H groups in total. The van der Waals surface area contributed by atoms with Crippen molar-refractivity contribution < 1.29 is 4.79 Å². The number of nitrogens with zero attached hydrogens (tertiary/aromatic N) is 3. The molecule has 4 rings (SSSR count). The molecule has 2 aromatic carbocycles. The number of aromatic nitrogens is 3. The zero-order valence-electron chi connectivity index (χ0n) is 12.8. The normalized spacial score (nSPS) is 10.7. The molecule has 2 aromatic heterocycles. The van der Waals surface area contributed by atoms with E-state index < -0.39 is 0 Å². The molecule has 0 unspecified atom stereocenters. The van der Waals surface area contributed by atoms with Crippen molar-refractivity contribution in [2.24, 2.45) is 0 Å². The zero-order chi connectivity index (χ0) is 16.4. The van der Waals surface area contributed by atoms with Crippen molar-refractivity contribution in [2.75, 3.05) is 5.32 Å². The molecule has 0 spiro atoms. The van der Waals surface area contributed by atoms with Crippen LogP contribution in [0.15, 0.2) is 73.1 Å². The van der Waals surface area contributed by atoms with E-state index in [4.69, 9.17) is 0 Å². The Morgan fingerprint density at radius 3 is 2.62 bits per heavy atom. The lowest BCUT2D eigenvalue weighted by Crippen LogP contribution is -1.97. The molecule has 0 bridgehead atoms. The molecule has 0 radical (unpaired) electrons. The van der Waals surface area contributed by atoms with E-state index in [1.54, 1.807) is 6.20 Å². The lowest BCUT2D eigenvalue weighted by Gasteiger charge is -2.07. The predicted octanol–water partition coefficient (Wildman–Crippen LogP) is 3.63. The van der Waals surface area contributed by atoms with Crippen LogP contribution in [0.5, 0.6) is 0 Å². The second-order valence-electron chi connectivity index (χ2n) is 5.33. The summed E-state index contributed by atoms with van der Waals surface area (Å²) in [6.45, 7) is 0. The van der Waals surface area contributed by atoms with Gasteiger partial charge in [-0.05, 0) is 23.8 Å². The number of fused-ring (bicyclic) bond motifs is 1. The fraction of sp³-hybridized carbons (Fsp3) is 0. The van der Waals surface area contributed by atoms with Crippen molar-refractivity contribution in [2.45, 2.75) is 0 Å². The van der Waals surface area contributed by atoms with E-state index in [9.17, 15) is 4.79 Å². The maximum atomic E-state index is 10.7. The number of anilines is 1. The summed E-state index contributed by atoms with van der Waals surface area (Å²) in [5.41, 5.74) is 5.47. The van der Waals surface area contributed by atoms with Crippen molar-refractivity contribution >= 4 is 17.7 Å². The quantitative estimate of drug-likeness (QED) is 0.585. The van der Waals surface area contributed by atoms with Gasteiger partial charge in [-0.15, -0.1) is 0 Å². The molecule has 1 amide bonds. The summed E-state index contributed by atoms with van der Waals surface area (Å²) in [7, 11) is 0. The van der Waals surface area contributed by atoms with Gasteiger partial charge in [-0.1, -0.05) is 42.5 Å². The third kappa shape index (κ3) is 2.42. The molecule has 5 heteroatoms. The largest absolute Gasteiger partial charge is 0.329 e. The first kappa shape index (κ1) is 14.1. The summed E-state index contributed by atoms with van der Waals surface area (Å²) < 4.78 is 1.82. The molecule has 0 saturated heterocycles. The third-order valence-corrected chi connectivity index (χ3v) is 3.87. The molecule has 0 aliphatic heterocycles. The smallest absolute Gasteiger partial charge is 0.211 e. The van der Waals surface area contributed by atoms with Crippen LogP contribution in [0.2, 0.25) is 0 Å². The number of nitrogens with one attached hydrogen (secondary N) is 1. The summed E-state index contributed by atoms with van der Waals surface area (Å²) in [6, 6.07) is 19.6. The average molecular weight is 314 g/mol. The van der Waals surface area contributed by atoms with E-state index in [1.165, 1.54) is 0 Å². The standard InChI is InChI=1S/C19H14N4O/c24-13-21-16-8-4-7-15(11-16)18-9-10-20-19-17(12-22-23(18)19)14-5-2-1-3-6-14/h1-13H,(H,21,24). The van der Waals surface area contributed by atoms with E-state index in [2.05, 4.69) is 15.4 Å². The van der Waals surface area contributed by atoms with Crippen LogP contribution < -0.4 is 5.32 Å². The molecular formula is C19H14N4O. The Kier molecular flexibility index (Phi) is 3.51. The van der Waals surface area contributed by atoms with Crippen molar-refractivity contribution in [1.29, 1.82) is 0 Å². The van der Waals surface area contributed by atoms with Crippen LogP contribution in [0.25, 0.3) is 28.0 Å². The molecule has 0 fully saturated rings. The van der Waals surface area contributed by atoms with Gasteiger partial charge >= 0.3 is 0 Å². The summed E-state index contributed by atoms with van der Waals surface area (Å²) in [6.07, 6.45) is 4.27. The SMILES string of the molecule is O=CNc1cccc(-c2ccnc3c(-c4ccccc4)cnn23)c1. The Morgan fingerprint density at radius 2 is 1.79 bits per heavy atom. The first-order valence-electron chi connectivity index (χ1n) is 7.55. The topological polar surface area (TPSA) is 59.3 Å². The van der Waals surface area contributed by atoms with Gasteiger partial charge in [0.1, 0.15) is 0 Å². The Balaban J connectivity index is 1.88. The van der Waals surface area contributed by atoms with Crippen LogP contribution in [0.4, 0.5) is 5.69 Å². The fourth-order valence-corrected chi connectivity index (χ4v) is 2.77. The first-order valence-corrected chi connectivity index (χ1v) is 7.55. The fourth-order valence-electron chi connectivity index (χ4n) is 2.77. The molecule has 0 atom stereocenters. The molecule has 0 saturated carbocycles. The highest BCUT2D eigenvalue weighted by atomic mass is 16.1. The highest BCUT2D eigenvalue weighted by molar-refractivity contribution is 5.80. The minimum Gasteiger partial charge on any atom is -0.329 e. The van der Waals surface area contributed by atoms with E-state index in [1.807, 2.05) is 71.4 Å². The van der Waals surface area contributed by atoms with Crippen LogP contribution in [0.1, 0.15) is 0 Å². The Morgan fingerprint density at radius 1 is 0.958 bits per heavy atom. The lowest BCUT2D eigenvalue weighted by atomic mass is 10.1. The van der Waals surface area contributed by atoms with E-state index >= 15 is 0 Å². The van der Waals surface area contributed by atoms with Crippen LogP contribution in [0.3, 0.4) is 0 Å². The Bertz CT molecular complexity index is 1010. The summed E-state index contributed by atoms with van der Waals surface area (Å²) in [5, 5.41) is 7.18. The molecule has 2 heterocycles. The number of rotatable bonds is 4. The molecule has 0 aliphatic carbocycles. The minimum absolute atomic E-state index is 0.669. The number of hydrogen-bond acceptors (Lipinski definition) is 3. The molecule has 24 heavy (non-hydrogen) atoms. The first-order chi connectivity index (χ1) is 11.9. The van der Waals surface area contributed by atoms with Crippen molar-refractivity contribution in [1.82, 2.24) is 14.6 Å². The highest BCUT2D eigenvalue weighted by Crippen LogP contribution is 2.27.